The number of hydrogen-bond acceptors (Lipinski definition) is 2. The maximum atomic E-state index is 14.4. The standard InChI is InChI=1S/C27H16F8N4O2/c28-15-6-10-17(11-7-15)38-24(40)20(22(36-38)26(30,31)32)19(14-4-2-1-3-5-14)21-23(27(33,34)35)37-39(25(21)41)18-12-8-16(29)9-13-18/h1-13,19,36-37H. The minimum Gasteiger partial charge on any atom is -0.286 e. The number of hydrogen-bond donors (Lipinski definition) is 2. The Bertz CT molecular complexity index is 1700. The Balaban J connectivity index is 1.88. The van der Waals surface area contributed by atoms with Gasteiger partial charge in [0.25, 0.3) is 11.1 Å². The maximum absolute atomic E-state index is 14.4. The van der Waals surface area contributed by atoms with Crippen LogP contribution in [0.2, 0.25) is 0 Å². The predicted molar refractivity (Wildman–Crippen MR) is 130 cm³/mol. The second-order valence-electron chi connectivity index (χ2n) is 8.87. The van der Waals surface area contributed by atoms with Crippen molar-refractivity contribution in [3.8, 4) is 11.4 Å². The lowest BCUT2D eigenvalue weighted by molar-refractivity contribution is -0.142. The van der Waals surface area contributed by atoms with E-state index in [4.69, 9.17) is 0 Å². The summed E-state index contributed by atoms with van der Waals surface area (Å²) < 4.78 is 114. The first-order chi connectivity index (χ1) is 19.3. The van der Waals surface area contributed by atoms with Crippen LogP contribution in [0.5, 0.6) is 0 Å². The SMILES string of the molecule is O=c1c(C(c2ccccc2)c2c(C(F)(F)F)[nH]n(-c3ccc(F)cc3)c2=O)c(C(F)(F)F)[nH]n1-c1ccc(F)cc1. The fourth-order valence-electron chi connectivity index (χ4n) is 4.54. The number of rotatable bonds is 5. The zero-order valence-corrected chi connectivity index (χ0v) is 20.3. The second-order valence-corrected chi connectivity index (χ2v) is 8.87. The van der Waals surface area contributed by atoms with Gasteiger partial charge in [0.1, 0.15) is 23.0 Å². The molecule has 0 radical (unpaired) electrons. The summed E-state index contributed by atoms with van der Waals surface area (Å²) in [5, 5.41) is 3.77. The summed E-state index contributed by atoms with van der Waals surface area (Å²) in [6, 6.07) is 13.9. The summed E-state index contributed by atoms with van der Waals surface area (Å²) in [5.41, 5.74) is -9.34. The number of H-pyrrole nitrogens is 2. The molecule has 2 N–H and O–H groups in total. The fourth-order valence-corrected chi connectivity index (χ4v) is 4.54. The van der Waals surface area contributed by atoms with Gasteiger partial charge >= 0.3 is 12.4 Å². The van der Waals surface area contributed by atoms with E-state index in [2.05, 4.69) is 0 Å². The molecule has 0 aliphatic rings. The summed E-state index contributed by atoms with van der Waals surface area (Å²) in [6.07, 6.45) is -10.6. The Morgan fingerprint density at radius 3 is 1.27 bits per heavy atom. The van der Waals surface area contributed by atoms with E-state index in [-0.39, 0.29) is 16.9 Å². The molecule has 0 saturated heterocycles. The molecule has 212 valence electrons. The topological polar surface area (TPSA) is 75.6 Å². The fraction of sp³-hybridized carbons (Fsp3) is 0.111. The summed E-state index contributed by atoms with van der Waals surface area (Å²) >= 11 is 0. The first-order valence-corrected chi connectivity index (χ1v) is 11.7. The van der Waals surface area contributed by atoms with Crippen LogP contribution in [0.3, 0.4) is 0 Å². The Morgan fingerprint density at radius 1 is 0.561 bits per heavy atom. The number of alkyl halides is 6. The second kappa shape index (κ2) is 9.94. The summed E-state index contributed by atoms with van der Waals surface area (Å²) in [7, 11) is 0. The Hall–Kier alpha value is -4.88. The van der Waals surface area contributed by atoms with Gasteiger partial charge < -0.3 is 0 Å². The van der Waals surface area contributed by atoms with Gasteiger partial charge in [0.05, 0.1) is 22.5 Å². The van der Waals surface area contributed by atoms with Gasteiger partial charge in [-0.2, -0.15) is 26.3 Å². The van der Waals surface area contributed by atoms with Crippen molar-refractivity contribution in [3.05, 3.63) is 139 Å². The summed E-state index contributed by atoms with van der Waals surface area (Å²) in [4.78, 5) is 27.2. The molecule has 2 heterocycles. The van der Waals surface area contributed by atoms with Gasteiger partial charge in [0, 0.05) is 5.92 Å². The molecule has 0 fully saturated rings. The van der Waals surface area contributed by atoms with E-state index in [0.717, 1.165) is 48.5 Å². The first kappa shape index (κ1) is 27.7. The molecule has 0 spiro atoms. The quantitative estimate of drug-likeness (QED) is 0.245. The minimum atomic E-state index is -5.29. The molecule has 0 aliphatic heterocycles. The van der Waals surface area contributed by atoms with Crippen molar-refractivity contribution in [1.29, 1.82) is 0 Å². The van der Waals surface area contributed by atoms with Crippen molar-refractivity contribution in [2.45, 2.75) is 18.3 Å². The van der Waals surface area contributed by atoms with Crippen LogP contribution in [-0.2, 0) is 12.4 Å². The Kier molecular flexibility index (Phi) is 6.71. The number of halogens is 8. The molecule has 5 aromatic rings. The first-order valence-electron chi connectivity index (χ1n) is 11.7. The van der Waals surface area contributed by atoms with Crippen LogP contribution in [0.25, 0.3) is 11.4 Å². The minimum absolute atomic E-state index is 0.229. The molecule has 6 nitrogen and oxygen atoms in total. The summed E-state index contributed by atoms with van der Waals surface area (Å²) in [5.74, 6) is -3.69. The van der Waals surface area contributed by atoms with Crippen LogP contribution in [0.4, 0.5) is 35.1 Å². The molecule has 0 aliphatic carbocycles. The zero-order chi connectivity index (χ0) is 29.7. The predicted octanol–water partition coefficient (Wildman–Crippen LogP) is 6.14. The Labute approximate surface area is 224 Å². The highest BCUT2D eigenvalue weighted by molar-refractivity contribution is 5.49. The third kappa shape index (κ3) is 5.08. The zero-order valence-electron chi connectivity index (χ0n) is 20.3. The monoisotopic (exact) mass is 580 g/mol. The number of benzene rings is 3. The number of nitrogens with one attached hydrogen (secondary N) is 2. The lowest BCUT2D eigenvalue weighted by Gasteiger charge is -2.18. The average Bonchev–Trinajstić information content (AvgIpc) is 3.44. The van der Waals surface area contributed by atoms with Gasteiger partial charge in [0.15, 0.2) is 0 Å². The van der Waals surface area contributed by atoms with E-state index in [0.29, 0.717) is 9.36 Å². The average molecular weight is 580 g/mol. The van der Waals surface area contributed by atoms with Crippen LogP contribution in [-0.4, -0.2) is 19.6 Å². The maximum Gasteiger partial charge on any atom is 0.433 e. The molecule has 2 aromatic heterocycles. The number of aromatic amines is 2. The van der Waals surface area contributed by atoms with Crippen molar-refractivity contribution >= 4 is 0 Å². The molecule has 0 saturated carbocycles. The third-order valence-corrected chi connectivity index (χ3v) is 6.30. The summed E-state index contributed by atoms with van der Waals surface area (Å²) in [6.45, 7) is 0. The van der Waals surface area contributed by atoms with Crippen LogP contribution in [0.1, 0.15) is 34.0 Å². The molecule has 0 amide bonds. The van der Waals surface area contributed by atoms with Crippen molar-refractivity contribution in [3.63, 3.8) is 0 Å². The molecule has 14 heteroatoms. The highest BCUT2D eigenvalue weighted by Crippen LogP contribution is 2.41. The number of aromatic nitrogens is 4. The van der Waals surface area contributed by atoms with Crippen LogP contribution >= 0.6 is 0 Å². The lowest BCUT2D eigenvalue weighted by Crippen LogP contribution is -2.27. The van der Waals surface area contributed by atoms with E-state index in [1.165, 1.54) is 30.3 Å². The van der Waals surface area contributed by atoms with Gasteiger partial charge in [-0.15, -0.1) is 0 Å². The van der Waals surface area contributed by atoms with E-state index in [1.54, 1.807) is 0 Å². The lowest BCUT2D eigenvalue weighted by atomic mass is 9.84. The van der Waals surface area contributed by atoms with E-state index >= 15 is 0 Å². The molecule has 0 unspecified atom stereocenters. The van der Waals surface area contributed by atoms with Crippen LogP contribution in [0.15, 0.2) is 88.5 Å². The van der Waals surface area contributed by atoms with Crippen LogP contribution in [0, 0.1) is 11.6 Å². The van der Waals surface area contributed by atoms with Gasteiger partial charge in [-0.05, 0) is 54.1 Å². The Morgan fingerprint density at radius 2 is 0.927 bits per heavy atom. The third-order valence-electron chi connectivity index (χ3n) is 6.30. The van der Waals surface area contributed by atoms with Crippen molar-refractivity contribution in [2.75, 3.05) is 0 Å². The van der Waals surface area contributed by atoms with Gasteiger partial charge in [-0.3, -0.25) is 19.8 Å². The van der Waals surface area contributed by atoms with Gasteiger partial charge in [0.2, 0.25) is 0 Å². The van der Waals surface area contributed by atoms with Gasteiger partial charge in [-0.25, -0.2) is 18.1 Å². The van der Waals surface area contributed by atoms with E-state index in [9.17, 15) is 44.7 Å². The normalized spacial score (nSPS) is 12.3. The highest BCUT2D eigenvalue weighted by Gasteiger charge is 2.46. The molecule has 0 atom stereocenters. The van der Waals surface area contributed by atoms with Crippen molar-refractivity contribution < 1.29 is 35.1 Å². The molecule has 5 rings (SSSR count). The molecular weight excluding hydrogens is 564 g/mol. The molecule has 41 heavy (non-hydrogen) atoms. The smallest absolute Gasteiger partial charge is 0.286 e. The van der Waals surface area contributed by atoms with Gasteiger partial charge in [-0.1, -0.05) is 30.3 Å². The van der Waals surface area contributed by atoms with E-state index in [1.807, 2.05) is 10.2 Å². The highest BCUT2D eigenvalue weighted by atomic mass is 19.4. The van der Waals surface area contributed by atoms with Crippen LogP contribution < -0.4 is 11.1 Å². The molecule has 0 bridgehead atoms. The molecular formula is C27H16F8N4O2. The molecule has 3 aromatic carbocycles. The largest absolute Gasteiger partial charge is 0.433 e. The van der Waals surface area contributed by atoms with E-state index < -0.39 is 63.5 Å². The van der Waals surface area contributed by atoms with Crippen molar-refractivity contribution in [1.82, 2.24) is 19.6 Å². The number of nitrogens with zero attached hydrogens (tertiary/aromatic N) is 2. The van der Waals surface area contributed by atoms with Crippen molar-refractivity contribution in [2.24, 2.45) is 0 Å².